The first-order valence-corrected chi connectivity index (χ1v) is 13.4. The maximum absolute atomic E-state index is 12.9. The molecule has 3 amide bonds. The number of hydrogen-bond donors (Lipinski definition) is 3. The van der Waals surface area contributed by atoms with Crippen molar-refractivity contribution in [3.8, 4) is 10.6 Å². The highest BCUT2D eigenvalue weighted by molar-refractivity contribution is 7.90. The molecule has 1 aliphatic carbocycles. The molecule has 0 spiro atoms. The number of primary amides is 2. The molecule has 2 aromatic rings. The van der Waals surface area contributed by atoms with Crippen molar-refractivity contribution in [2.24, 2.45) is 11.5 Å². The van der Waals surface area contributed by atoms with Gasteiger partial charge < -0.3 is 21.3 Å². The summed E-state index contributed by atoms with van der Waals surface area (Å²) in [5.41, 5.74) is 11.1. The highest BCUT2D eigenvalue weighted by atomic mass is 32.2. The Hall–Kier alpha value is -2.84. The van der Waals surface area contributed by atoms with E-state index in [0.29, 0.717) is 35.1 Å². The van der Waals surface area contributed by atoms with Gasteiger partial charge in [0.1, 0.15) is 5.01 Å². The Morgan fingerprint density at radius 2 is 1.97 bits per heavy atom. The van der Waals surface area contributed by atoms with Gasteiger partial charge in [-0.1, -0.05) is 0 Å². The number of anilines is 1. The molecule has 14 heteroatoms. The fraction of sp³-hybridized carbons (Fsp3) is 0.550. The zero-order valence-electron chi connectivity index (χ0n) is 18.6. The van der Waals surface area contributed by atoms with Crippen LogP contribution in [0.15, 0.2) is 12.3 Å². The molecule has 2 atom stereocenters. The fourth-order valence-corrected chi connectivity index (χ4v) is 7.29. The number of nitrogens with one attached hydrogen (secondary N) is 1. The highest BCUT2D eigenvalue weighted by Crippen LogP contribution is 2.44. The van der Waals surface area contributed by atoms with Crippen LogP contribution in [0.3, 0.4) is 0 Å². The van der Waals surface area contributed by atoms with Crippen LogP contribution in [0.5, 0.6) is 0 Å². The van der Waals surface area contributed by atoms with Gasteiger partial charge in [0.25, 0.3) is 5.91 Å². The number of urea groups is 1. The summed E-state index contributed by atoms with van der Waals surface area (Å²) in [5, 5.41) is -0.159. The van der Waals surface area contributed by atoms with E-state index in [1.807, 2.05) is 0 Å². The minimum absolute atomic E-state index is 0.0492. The summed E-state index contributed by atoms with van der Waals surface area (Å²) in [6.45, 7) is 3.50. The van der Waals surface area contributed by atoms with Crippen molar-refractivity contribution >= 4 is 39.2 Å². The number of amides is 3. The van der Waals surface area contributed by atoms with Crippen LogP contribution < -0.4 is 21.1 Å². The quantitative estimate of drug-likeness (QED) is 0.471. The number of aromatic nitrogens is 3. The lowest BCUT2D eigenvalue weighted by atomic mass is 9.95. The van der Waals surface area contributed by atoms with Crippen molar-refractivity contribution in [1.82, 2.24) is 24.6 Å². The van der Waals surface area contributed by atoms with Crippen molar-refractivity contribution in [2.75, 3.05) is 24.5 Å². The molecular weight excluding hydrogens is 480 g/mol. The minimum Gasteiger partial charge on any atom is -0.367 e. The largest absolute Gasteiger partial charge is 0.367 e. The monoisotopic (exact) mass is 506 g/mol. The van der Waals surface area contributed by atoms with Gasteiger partial charge in [0.15, 0.2) is 5.54 Å². The summed E-state index contributed by atoms with van der Waals surface area (Å²) in [6, 6.07) is 0.177. The predicted molar refractivity (Wildman–Crippen MR) is 125 cm³/mol. The number of carbonyl (C=O) groups is 2. The molecular formula is C20H26N8O4S2. The second kappa shape index (κ2) is 8.13. The number of likely N-dealkylation sites (tertiary alicyclic amines) is 1. The van der Waals surface area contributed by atoms with Crippen LogP contribution in [-0.2, 0) is 20.4 Å². The third-order valence-electron chi connectivity index (χ3n) is 6.54. The SMILES string of the molecule is Cc1nc(C2(C(N)=O)CC(NS(=O)(=O)C3CC3)CN2C(N)=O)sc1-c1ccnc(N2CCC2)n1. The Kier molecular flexibility index (Phi) is 5.48. The molecule has 2 aliphatic heterocycles. The number of rotatable bonds is 7. The third-order valence-corrected chi connectivity index (χ3v) is 9.88. The Morgan fingerprint density at radius 1 is 1.24 bits per heavy atom. The molecule has 4 heterocycles. The van der Waals surface area contributed by atoms with Crippen LogP contribution in [0.25, 0.3) is 10.6 Å². The van der Waals surface area contributed by atoms with Gasteiger partial charge in [-0.05, 0) is 32.3 Å². The van der Waals surface area contributed by atoms with Crippen LogP contribution in [0.1, 0.15) is 36.4 Å². The average molecular weight is 507 g/mol. The minimum atomic E-state index is -3.55. The highest BCUT2D eigenvalue weighted by Gasteiger charge is 2.56. The Labute approximate surface area is 200 Å². The molecule has 0 bridgehead atoms. The van der Waals surface area contributed by atoms with Gasteiger partial charge in [0.2, 0.25) is 16.0 Å². The summed E-state index contributed by atoms with van der Waals surface area (Å²) < 4.78 is 27.7. The second-order valence-corrected chi connectivity index (χ2v) is 11.9. The zero-order chi connectivity index (χ0) is 24.3. The standard InChI is InChI=1S/C20H26N8O4S2/c1-11-15(14-5-6-23-19(25-14)27-7-2-8-27)33-17(24-11)20(16(21)29)9-12(10-28(20)18(22)30)26-34(31,32)13-3-4-13/h5-6,12-13,26H,2-4,7-10H2,1H3,(H2,21,29)(H2,22,30). The lowest BCUT2D eigenvalue weighted by Gasteiger charge is -2.32. The van der Waals surface area contributed by atoms with Crippen molar-refractivity contribution in [1.29, 1.82) is 0 Å². The van der Waals surface area contributed by atoms with E-state index in [1.165, 1.54) is 11.3 Å². The van der Waals surface area contributed by atoms with Gasteiger partial charge in [-0.25, -0.2) is 32.9 Å². The number of hydrogen-bond acceptors (Lipinski definition) is 9. The van der Waals surface area contributed by atoms with Gasteiger partial charge in [0, 0.05) is 38.3 Å². The van der Waals surface area contributed by atoms with Crippen molar-refractivity contribution in [2.45, 2.75) is 49.4 Å². The van der Waals surface area contributed by atoms with Gasteiger partial charge in [-0.15, -0.1) is 11.3 Å². The number of nitrogens with two attached hydrogens (primary N) is 2. The summed E-state index contributed by atoms with van der Waals surface area (Å²) >= 11 is 1.20. The van der Waals surface area contributed by atoms with E-state index in [1.54, 1.807) is 19.2 Å². The predicted octanol–water partition coefficient (Wildman–Crippen LogP) is 0.0340. The maximum Gasteiger partial charge on any atom is 0.316 e. The molecule has 5 N–H and O–H groups in total. The van der Waals surface area contributed by atoms with E-state index in [-0.39, 0.29) is 18.0 Å². The summed E-state index contributed by atoms with van der Waals surface area (Å²) in [6.07, 6.45) is 3.90. The van der Waals surface area contributed by atoms with Crippen molar-refractivity contribution in [3.05, 3.63) is 23.0 Å². The summed E-state index contributed by atoms with van der Waals surface area (Å²) in [4.78, 5) is 42.7. The smallest absolute Gasteiger partial charge is 0.316 e. The van der Waals surface area contributed by atoms with Crippen LogP contribution >= 0.6 is 11.3 Å². The van der Waals surface area contributed by atoms with Crippen LogP contribution in [0.4, 0.5) is 10.7 Å². The summed E-state index contributed by atoms with van der Waals surface area (Å²) in [7, 11) is -3.55. The molecule has 2 aromatic heterocycles. The number of aryl methyl sites for hydroxylation is 1. The zero-order valence-corrected chi connectivity index (χ0v) is 20.2. The van der Waals surface area contributed by atoms with E-state index < -0.39 is 38.8 Å². The van der Waals surface area contributed by atoms with Crippen LogP contribution in [-0.4, -0.2) is 71.1 Å². The number of sulfonamides is 1. The van der Waals surface area contributed by atoms with Crippen LogP contribution in [0, 0.1) is 6.92 Å². The molecule has 1 saturated carbocycles. The lowest BCUT2D eigenvalue weighted by Crippen LogP contribution is -2.55. The van der Waals surface area contributed by atoms with Gasteiger partial charge in [-0.3, -0.25) is 4.79 Å². The van der Waals surface area contributed by atoms with E-state index >= 15 is 0 Å². The molecule has 0 aromatic carbocycles. The van der Waals surface area contributed by atoms with Gasteiger partial charge in [-0.2, -0.15) is 0 Å². The molecule has 182 valence electrons. The maximum atomic E-state index is 12.9. The molecule has 2 unspecified atom stereocenters. The average Bonchev–Trinajstić information content (AvgIpc) is 3.42. The van der Waals surface area contributed by atoms with Gasteiger partial charge in [0.05, 0.1) is 21.5 Å². The first-order valence-electron chi connectivity index (χ1n) is 11.1. The third kappa shape index (κ3) is 3.79. The molecule has 3 aliphatic rings. The first kappa shape index (κ1) is 22.9. The van der Waals surface area contributed by atoms with E-state index in [0.717, 1.165) is 24.4 Å². The first-order chi connectivity index (χ1) is 16.1. The topological polar surface area (TPSA) is 177 Å². The molecule has 5 rings (SSSR count). The molecule has 12 nitrogen and oxygen atoms in total. The normalized spacial score (nSPS) is 24.8. The Morgan fingerprint density at radius 3 is 2.56 bits per heavy atom. The molecule has 0 radical (unpaired) electrons. The van der Waals surface area contributed by atoms with Gasteiger partial charge >= 0.3 is 6.03 Å². The molecule has 34 heavy (non-hydrogen) atoms. The van der Waals surface area contributed by atoms with Crippen molar-refractivity contribution in [3.63, 3.8) is 0 Å². The van der Waals surface area contributed by atoms with E-state index in [2.05, 4.69) is 24.6 Å². The number of carbonyl (C=O) groups excluding carboxylic acids is 2. The second-order valence-electron chi connectivity index (χ2n) is 8.95. The molecule has 3 fully saturated rings. The Bertz CT molecular complexity index is 1260. The molecule has 2 saturated heterocycles. The van der Waals surface area contributed by atoms with Crippen molar-refractivity contribution < 1.29 is 18.0 Å². The fourth-order valence-electron chi connectivity index (χ4n) is 4.47. The number of thiazole rings is 1. The van der Waals surface area contributed by atoms with E-state index in [9.17, 15) is 18.0 Å². The summed E-state index contributed by atoms with van der Waals surface area (Å²) in [5.74, 6) is -0.194. The van der Waals surface area contributed by atoms with E-state index in [4.69, 9.17) is 11.5 Å². The Balaban J connectivity index is 1.52. The van der Waals surface area contributed by atoms with Crippen LogP contribution in [0.2, 0.25) is 0 Å². The number of nitrogens with zero attached hydrogens (tertiary/aromatic N) is 5. The lowest BCUT2D eigenvalue weighted by molar-refractivity contribution is -0.127.